The number of carbonyl (C=O) groups excluding carboxylic acids is 2. The standard InChI is InChI=1S/C16H18N2O3S/c1-2-21-16(20)18-14(19)11-17-15(13-9-6-10-22-13)12-7-4-3-5-8-12/h3-10,15,17H,2,11H2,1H3,(H,18,19,20)/p+1/t15-/m0/s1. The van der Waals surface area contributed by atoms with Gasteiger partial charge in [0.15, 0.2) is 6.54 Å². The van der Waals surface area contributed by atoms with Crippen LogP contribution in [-0.4, -0.2) is 25.2 Å². The van der Waals surface area contributed by atoms with Crippen LogP contribution < -0.4 is 10.6 Å². The third-order valence-electron chi connectivity index (χ3n) is 3.06. The zero-order valence-electron chi connectivity index (χ0n) is 12.3. The molecule has 1 atom stereocenters. The van der Waals surface area contributed by atoms with Gasteiger partial charge in [-0.3, -0.25) is 10.1 Å². The number of alkyl carbamates (subject to hydrolysis) is 1. The van der Waals surface area contributed by atoms with Crippen LogP contribution >= 0.6 is 11.3 Å². The Morgan fingerprint density at radius 3 is 2.64 bits per heavy atom. The van der Waals surface area contributed by atoms with E-state index in [0.717, 1.165) is 10.4 Å². The summed E-state index contributed by atoms with van der Waals surface area (Å²) in [6.45, 7) is 2.08. The van der Waals surface area contributed by atoms with Gasteiger partial charge >= 0.3 is 6.09 Å². The summed E-state index contributed by atoms with van der Waals surface area (Å²) in [4.78, 5) is 24.2. The fraction of sp³-hybridized carbons (Fsp3) is 0.250. The highest BCUT2D eigenvalue weighted by Gasteiger charge is 2.20. The molecule has 6 heteroatoms. The molecular weight excluding hydrogens is 300 g/mol. The molecule has 2 amide bonds. The Kier molecular flexibility index (Phi) is 6.12. The third-order valence-corrected chi connectivity index (χ3v) is 4.02. The smallest absolute Gasteiger partial charge is 0.414 e. The van der Waals surface area contributed by atoms with Gasteiger partial charge in [-0.05, 0) is 18.4 Å². The number of benzene rings is 1. The Bertz CT molecular complexity index is 599. The van der Waals surface area contributed by atoms with Crippen LogP contribution in [-0.2, 0) is 9.53 Å². The van der Waals surface area contributed by atoms with Gasteiger partial charge < -0.3 is 10.1 Å². The molecule has 2 rings (SSSR count). The molecule has 0 aliphatic rings. The number of hydrogen-bond donors (Lipinski definition) is 2. The molecule has 116 valence electrons. The predicted octanol–water partition coefficient (Wildman–Crippen LogP) is 1.67. The van der Waals surface area contributed by atoms with E-state index in [2.05, 4.69) is 5.32 Å². The minimum Gasteiger partial charge on any atom is -0.450 e. The van der Waals surface area contributed by atoms with E-state index in [1.807, 2.05) is 53.2 Å². The van der Waals surface area contributed by atoms with Crippen molar-refractivity contribution in [3.8, 4) is 0 Å². The molecule has 0 bridgehead atoms. The quantitative estimate of drug-likeness (QED) is 0.851. The van der Waals surface area contributed by atoms with Gasteiger partial charge in [-0.25, -0.2) is 4.79 Å². The van der Waals surface area contributed by atoms with Crippen LogP contribution in [0.15, 0.2) is 47.8 Å². The molecule has 0 aliphatic heterocycles. The number of nitrogens with two attached hydrogens (primary N) is 1. The molecule has 0 fully saturated rings. The van der Waals surface area contributed by atoms with E-state index >= 15 is 0 Å². The Morgan fingerprint density at radius 2 is 2.00 bits per heavy atom. The average molecular weight is 319 g/mol. The first kappa shape index (κ1) is 16.2. The summed E-state index contributed by atoms with van der Waals surface area (Å²) < 4.78 is 4.69. The highest BCUT2D eigenvalue weighted by molar-refractivity contribution is 7.10. The third kappa shape index (κ3) is 4.68. The second-order valence-corrected chi connectivity index (χ2v) is 5.59. The molecule has 0 saturated carbocycles. The number of thiophene rings is 1. The summed E-state index contributed by atoms with van der Waals surface area (Å²) in [6, 6.07) is 14.0. The van der Waals surface area contributed by atoms with Crippen molar-refractivity contribution in [1.82, 2.24) is 5.32 Å². The molecule has 0 radical (unpaired) electrons. The van der Waals surface area contributed by atoms with Crippen LogP contribution in [0.25, 0.3) is 0 Å². The highest BCUT2D eigenvalue weighted by atomic mass is 32.1. The van der Waals surface area contributed by atoms with Gasteiger partial charge in [0, 0.05) is 5.56 Å². The van der Waals surface area contributed by atoms with Gasteiger partial charge in [0.2, 0.25) is 0 Å². The average Bonchev–Trinajstić information content (AvgIpc) is 3.03. The zero-order chi connectivity index (χ0) is 15.8. The summed E-state index contributed by atoms with van der Waals surface area (Å²) in [5.74, 6) is -0.365. The minimum atomic E-state index is -0.701. The Hall–Kier alpha value is -2.18. The molecule has 22 heavy (non-hydrogen) atoms. The minimum absolute atomic E-state index is 0.0362. The largest absolute Gasteiger partial charge is 0.450 e. The Morgan fingerprint density at radius 1 is 1.23 bits per heavy atom. The first-order valence-electron chi connectivity index (χ1n) is 7.09. The molecule has 1 aromatic heterocycles. The Labute approximate surface area is 133 Å². The number of amides is 2. The van der Waals surface area contributed by atoms with E-state index in [1.54, 1.807) is 18.3 Å². The lowest BCUT2D eigenvalue weighted by Crippen LogP contribution is -2.87. The number of ether oxygens (including phenoxy) is 1. The van der Waals surface area contributed by atoms with Gasteiger partial charge in [-0.1, -0.05) is 36.4 Å². The maximum absolute atomic E-state index is 11.8. The fourth-order valence-electron chi connectivity index (χ4n) is 2.10. The fourth-order valence-corrected chi connectivity index (χ4v) is 2.95. The van der Waals surface area contributed by atoms with Crippen LogP contribution in [0.3, 0.4) is 0 Å². The monoisotopic (exact) mass is 319 g/mol. The van der Waals surface area contributed by atoms with Crippen LogP contribution in [0.4, 0.5) is 4.79 Å². The van der Waals surface area contributed by atoms with Crippen LogP contribution in [0.5, 0.6) is 0 Å². The summed E-state index contributed by atoms with van der Waals surface area (Å²) in [6.07, 6.45) is -0.701. The van der Waals surface area contributed by atoms with E-state index in [4.69, 9.17) is 4.74 Å². The van der Waals surface area contributed by atoms with Crippen molar-refractivity contribution in [2.75, 3.05) is 13.2 Å². The molecule has 1 heterocycles. The van der Waals surface area contributed by atoms with Crippen LogP contribution in [0.1, 0.15) is 23.4 Å². The van der Waals surface area contributed by atoms with Gasteiger partial charge in [0.05, 0.1) is 11.5 Å². The molecule has 1 aromatic carbocycles. The normalized spacial score (nSPS) is 11.7. The lowest BCUT2D eigenvalue weighted by atomic mass is 10.1. The molecule has 0 unspecified atom stereocenters. The predicted molar refractivity (Wildman–Crippen MR) is 84.6 cm³/mol. The number of nitrogens with one attached hydrogen (secondary N) is 1. The number of quaternary nitrogens is 1. The van der Waals surface area contributed by atoms with E-state index in [9.17, 15) is 9.59 Å². The second kappa shape index (κ2) is 8.31. The van der Waals surface area contributed by atoms with Crippen molar-refractivity contribution in [3.63, 3.8) is 0 Å². The van der Waals surface area contributed by atoms with Gasteiger partial charge in [0.1, 0.15) is 6.04 Å². The number of rotatable bonds is 6. The maximum atomic E-state index is 11.8. The molecule has 3 N–H and O–H groups in total. The summed E-state index contributed by atoms with van der Waals surface area (Å²) in [7, 11) is 0. The summed E-state index contributed by atoms with van der Waals surface area (Å²) in [5.41, 5.74) is 1.12. The molecule has 2 aromatic rings. The van der Waals surface area contributed by atoms with E-state index in [1.165, 1.54) is 0 Å². The summed E-state index contributed by atoms with van der Waals surface area (Å²) in [5, 5.41) is 6.13. The second-order valence-electron chi connectivity index (χ2n) is 4.61. The van der Waals surface area contributed by atoms with E-state index < -0.39 is 6.09 Å². The number of hydrogen-bond acceptors (Lipinski definition) is 4. The van der Waals surface area contributed by atoms with Crippen LogP contribution in [0.2, 0.25) is 0 Å². The molecule has 5 nitrogen and oxygen atoms in total. The topological polar surface area (TPSA) is 72.0 Å². The van der Waals surface area contributed by atoms with Crippen molar-refractivity contribution < 1.29 is 19.6 Å². The molecule has 0 saturated heterocycles. The highest BCUT2D eigenvalue weighted by Crippen LogP contribution is 2.22. The Balaban J connectivity index is 1.99. The van der Waals surface area contributed by atoms with Gasteiger partial charge in [-0.2, -0.15) is 0 Å². The molecular formula is C16H19N2O3S+. The van der Waals surface area contributed by atoms with Crippen molar-refractivity contribution in [1.29, 1.82) is 0 Å². The van der Waals surface area contributed by atoms with Crippen molar-refractivity contribution in [2.45, 2.75) is 13.0 Å². The number of carbonyl (C=O) groups is 2. The number of imide groups is 1. The SMILES string of the molecule is CCOC(=O)NC(=O)C[NH2+][C@@H](c1ccccc1)c1cccs1. The molecule has 0 aliphatic carbocycles. The van der Waals surface area contributed by atoms with E-state index in [0.29, 0.717) is 0 Å². The van der Waals surface area contributed by atoms with Crippen LogP contribution in [0, 0.1) is 0 Å². The zero-order valence-corrected chi connectivity index (χ0v) is 13.1. The van der Waals surface area contributed by atoms with E-state index in [-0.39, 0.29) is 25.1 Å². The van der Waals surface area contributed by atoms with Crippen molar-refractivity contribution in [3.05, 3.63) is 58.3 Å². The van der Waals surface area contributed by atoms with Gasteiger partial charge in [0.25, 0.3) is 5.91 Å². The maximum Gasteiger partial charge on any atom is 0.414 e. The molecule has 0 spiro atoms. The first-order valence-corrected chi connectivity index (χ1v) is 7.97. The van der Waals surface area contributed by atoms with Gasteiger partial charge in [-0.15, -0.1) is 11.3 Å². The lowest BCUT2D eigenvalue weighted by Gasteiger charge is -2.14. The summed E-state index contributed by atoms with van der Waals surface area (Å²) >= 11 is 1.64. The van der Waals surface area contributed by atoms with Crippen molar-refractivity contribution in [2.24, 2.45) is 0 Å². The first-order chi connectivity index (χ1) is 10.7. The lowest BCUT2D eigenvalue weighted by molar-refractivity contribution is -0.676. The van der Waals surface area contributed by atoms with Crippen molar-refractivity contribution >= 4 is 23.3 Å².